The number of carbonyl (C=O) groups excluding carboxylic acids is 4. The van der Waals surface area contributed by atoms with Crippen LogP contribution in [0.25, 0.3) is 0 Å². The Kier molecular flexibility index (Phi) is 8.77. The van der Waals surface area contributed by atoms with Crippen LogP contribution in [-0.4, -0.2) is 42.6 Å². The number of imide groups is 1. The molecule has 0 radical (unpaired) electrons. The predicted molar refractivity (Wildman–Crippen MR) is 100.0 cm³/mol. The van der Waals surface area contributed by atoms with Gasteiger partial charge in [-0.1, -0.05) is 32.0 Å². The molecule has 9 nitrogen and oxygen atoms in total. The average Bonchev–Trinajstić information content (AvgIpc) is 2.57. The van der Waals surface area contributed by atoms with Gasteiger partial charge in [0.1, 0.15) is 6.04 Å². The van der Waals surface area contributed by atoms with Gasteiger partial charge in [0.15, 0.2) is 6.61 Å². The van der Waals surface area contributed by atoms with Crippen molar-refractivity contribution in [2.45, 2.75) is 39.8 Å². The normalized spacial score (nSPS) is 11.5. The highest BCUT2D eigenvalue weighted by atomic mass is 16.5. The summed E-state index contributed by atoms with van der Waals surface area (Å²) in [6, 6.07) is 6.40. The second kappa shape index (κ2) is 10.8. The van der Waals surface area contributed by atoms with Crippen LogP contribution in [0.3, 0.4) is 0 Å². The van der Waals surface area contributed by atoms with E-state index in [1.54, 1.807) is 52.0 Å². The van der Waals surface area contributed by atoms with Gasteiger partial charge in [0, 0.05) is 11.7 Å². The van der Waals surface area contributed by atoms with Gasteiger partial charge < -0.3 is 20.7 Å². The zero-order valence-corrected chi connectivity index (χ0v) is 15.9. The molecule has 0 aromatic heterocycles. The van der Waals surface area contributed by atoms with Crippen LogP contribution in [0.1, 0.15) is 27.7 Å². The van der Waals surface area contributed by atoms with Crippen LogP contribution < -0.4 is 21.3 Å². The van der Waals surface area contributed by atoms with Gasteiger partial charge in [0.05, 0.1) is 0 Å². The number of esters is 1. The van der Waals surface area contributed by atoms with Gasteiger partial charge in [-0.05, 0) is 31.9 Å². The summed E-state index contributed by atoms with van der Waals surface area (Å²) in [6.07, 6.45) is 0. The van der Waals surface area contributed by atoms with Gasteiger partial charge >= 0.3 is 18.0 Å². The summed E-state index contributed by atoms with van der Waals surface area (Å²) >= 11 is 0. The minimum absolute atomic E-state index is 0.141. The molecule has 1 rings (SSSR count). The Hall–Kier alpha value is -3.10. The molecule has 0 saturated heterocycles. The number of hydrogen-bond acceptors (Lipinski definition) is 5. The van der Waals surface area contributed by atoms with E-state index >= 15 is 0 Å². The highest BCUT2D eigenvalue weighted by Gasteiger charge is 2.26. The molecule has 1 aromatic rings. The fourth-order valence-corrected chi connectivity index (χ4v) is 2.02. The molecule has 0 spiro atoms. The Morgan fingerprint density at radius 2 is 1.56 bits per heavy atom. The molecule has 0 fully saturated rings. The predicted octanol–water partition coefficient (Wildman–Crippen LogP) is 1.61. The number of nitrogens with one attached hydrogen (secondary N) is 4. The molecule has 5 amide bonds. The number of ether oxygens (including phenoxy) is 1. The summed E-state index contributed by atoms with van der Waals surface area (Å²) in [5.41, 5.74) is 0.571. The largest absolute Gasteiger partial charge is 0.454 e. The molecule has 27 heavy (non-hydrogen) atoms. The van der Waals surface area contributed by atoms with Crippen molar-refractivity contribution in [2.24, 2.45) is 5.92 Å². The van der Waals surface area contributed by atoms with Gasteiger partial charge in [-0.2, -0.15) is 0 Å². The lowest BCUT2D eigenvalue weighted by Gasteiger charge is -2.21. The van der Waals surface area contributed by atoms with Gasteiger partial charge in [-0.25, -0.2) is 14.4 Å². The number of benzene rings is 1. The van der Waals surface area contributed by atoms with Gasteiger partial charge in [-0.15, -0.1) is 0 Å². The standard InChI is InChI=1S/C18H26N4O5/c1-11(2)15(22-18(26)20-13-8-6-5-7-9-13)16(24)27-10-14(23)21-17(25)19-12(3)4/h5-9,11-12,15H,10H2,1-4H3,(H2,20,22,26)(H2,19,21,23,25)/t15-/m1/s1. The summed E-state index contributed by atoms with van der Waals surface area (Å²) in [6.45, 7) is 6.30. The Bertz CT molecular complexity index is 661. The van der Waals surface area contributed by atoms with Crippen LogP contribution in [0.5, 0.6) is 0 Å². The van der Waals surface area contributed by atoms with E-state index in [-0.39, 0.29) is 12.0 Å². The molecule has 0 aliphatic rings. The minimum Gasteiger partial charge on any atom is -0.454 e. The molecule has 0 aliphatic carbocycles. The zero-order chi connectivity index (χ0) is 20.4. The van der Waals surface area contributed by atoms with Crippen molar-refractivity contribution in [1.29, 1.82) is 0 Å². The molecule has 1 aromatic carbocycles. The monoisotopic (exact) mass is 378 g/mol. The first-order valence-electron chi connectivity index (χ1n) is 8.58. The van der Waals surface area contributed by atoms with Crippen molar-refractivity contribution in [1.82, 2.24) is 16.0 Å². The molecular formula is C18H26N4O5. The Balaban J connectivity index is 2.51. The summed E-state index contributed by atoms with van der Waals surface area (Å²) < 4.78 is 4.91. The van der Waals surface area contributed by atoms with Crippen molar-refractivity contribution in [3.8, 4) is 0 Å². The van der Waals surface area contributed by atoms with Crippen LogP contribution in [-0.2, 0) is 14.3 Å². The molecule has 0 unspecified atom stereocenters. The maximum absolute atomic E-state index is 12.2. The van der Waals surface area contributed by atoms with E-state index in [1.807, 2.05) is 11.4 Å². The quantitative estimate of drug-likeness (QED) is 0.536. The van der Waals surface area contributed by atoms with Gasteiger partial charge in [-0.3, -0.25) is 10.1 Å². The second-order valence-electron chi connectivity index (χ2n) is 6.47. The third kappa shape index (κ3) is 8.70. The molecule has 1 atom stereocenters. The third-order valence-electron chi connectivity index (χ3n) is 3.26. The molecule has 9 heteroatoms. The number of hydrogen-bond donors (Lipinski definition) is 4. The van der Waals surface area contributed by atoms with E-state index in [4.69, 9.17) is 4.74 Å². The summed E-state index contributed by atoms with van der Waals surface area (Å²) in [5, 5.41) is 9.64. The summed E-state index contributed by atoms with van der Waals surface area (Å²) in [5.74, 6) is -1.81. The van der Waals surface area contributed by atoms with Crippen LogP contribution in [0.15, 0.2) is 30.3 Å². The maximum atomic E-state index is 12.2. The first kappa shape index (κ1) is 21.9. The number of urea groups is 2. The molecule has 148 valence electrons. The lowest BCUT2D eigenvalue weighted by atomic mass is 10.1. The Morgan fingerprint density at radius 1 is 0.926 bits per heavy atom. The van der Waals surface area contributed by atoms with Crippen molar-refractivity contribution >= 4 is 29.6 Å². The minimum atomic E-state index is -0.953. The van der Waals surface area contributed by atoms with Crippen molar-refractivity contribution < 1.29 is 23.9 Å². The van der Waals surface area contributed by atoms with E-state index in [9.17, 15) is 19.2 Å². The van der Waals surface area contributed by atoms with Crippen molar-refractivity contribution in [3.63, 3.8) is 0 Å². The number of amides is 5. The maximum Gasteiger partial charge on any atom is 0.329 e. The lowest BCUT2D eigenvalue weighted by Crippen LogP contribution is -2.48. The Morgan fingerprint density at radius 3 is 2.11 bits per heavy atom. The summed E-state index contributed by atoms with van der Waals surface area (Å²) in [7, 11) is 0. The van der Waals surface area contributed by atoms with E-state index in [0.29, 0.717) is 5.69 Å². The van der Waals surface area contributed by atoms with E-state index in [2.05, 4.69) is 16.0 Å². The highest BCUT2D eigenvalue weighted by Crippen LogP contribution is 2.07. The zero-order valence-electron chi connectivity index (χ0n) is 15.9. The number of carbonyl (C=O) groups is 4. The fourth-order valence-electron chi connectivity index (χ4n) is 2.02. The molecular weight excluding hydrogens is 352 g/mol. The first-order chi connectivity index (χ1) is 12.7. The Labute approximate surface area is 158 Å². The number of anilines is 1. The van der Waals surface area contributed by atoms with Crippen LogP contribution >= 0.6 is 0 Å². The SMILES string of the molecule is CC(C)NC(=O)NC(=O)COC(=O)[C@H](NC(=O)Nc1ccccc1)C(C)C. The first-order valence-corrected chi connectivity index (χ1v) is 8.58. The van der Waals surface area contributed by atoms with Crippen LogP contribution in [0.2, 0.25) is 0 Å². The highest BCUT2D eigenvalue weighted by molar-refractivity contribution is 5.96. The van der Waals surface area contributed by atoms with E-state index in [1.165, 1.54) is 0 Å². The molecule has 0 saturated carbocycles. The van der Waals surface area contributed by atoms with Crippen LogP contribution in [0.4, 0.5) is 15.3 Å². The molecule has 0 aliphatic heterocycles. The molecule has 4 N–H and O–H groups in total. The molecule has 0 heterocycles. The topological polar surface area (TPSA) is 126 Å². The molecule has 0 bridgehead atoms. The fraction of sp³-hybridized carbons (Fsp3) is 0.444. The van der Waals surface area contributed by atoms with Crippen LogP contribution in [0, 0.1) is 5.92 Å². The number of para-hydroxylation sites is 1. The lowest BCUT2D eigenvalue weighted by molar-refractivity contribution is -0.151. The summed E-state index contributed by atoms with van der Waals surface area (Å²) in [4.78, 5) is 47.3. The van der Waals surface area contributed by atoms with Crippen molar-refractivity contribution in [3.05, 3.63) is 30.3 Å². The van der Waals surface area contributed by atoms with Gasteiger partial charge in [0.25, 0.3) is 5.91 Å². The number of rotatable bonds is 7. The van der Waals surface area contributed by atoms with Gasteiger partial charge in [0.2, 0.25) is 0 Å². The van der Waals surface area contributed by atoms with Crippen molar-refractivity contribution in [2.75, 3.05) is 11.9 Å². The third-order valence-corrected chi connectivity index (χ3v) is 3.26. The average molecular weight is 378 g/mol. The second-order valence-corrected chi connectivity index (χ2v) is 6.47. The smallest absolute Gasteiger partial charge is 0.329 e. The van der Waals surface area contributed by atoms with E-state index < -0.39 is 36.6 Å². The van der Waals surface area contributed by atoms with E-state index in [0.717, 1.165) is 0 Å².